The summed E-state index contributed by atoms with van der Waals surface area (Å²) in [5.41, 5.74) is 1.04. The average Bonchev–Trinajstić information content (AvgIpc) is 2.41. The molecule has 20 heavy (non-hydrogen) atoms. The number of nitrogens with zero attached hydrogens (tertiary/aromatic N) is 1. The molecule has 1 heterocycles. The number of hydrogen-bond acceptors (Lipinski definition) is 3. The van der Waals surface area contributed by atoms with E-state index in [0.717, 1.165) is 22.1 Å². The standard InChI is InChI=1S/C13H13ClN2O3S/c1-9-3-5-10(6-4-9)16(2)20(18,19)11-7-12(14)13(17)15-8-11/h3-8H,1-2H3,(H,15,17). The van der Waals surface area contributed by atoms with Gasteiger partial charge in [-0.05, 0) is 25.1 Å². The Morgan fingerprint density at radius 2 is 1.80 bits per heavy atom. The SMILES string of the molecule is Cc1ccc(N(C)S(=O)(=O)c2c[nH]c(=O)c(Cl)c2)cc1. The Morgan fingerprint density at radius 3 is 2.35 bits per heavy atom. The molecule has 0 aliphatic heterocycles. The van der Waals surface area contributed by atoms with Crippen molar-refractivity contribution >= 4 is 27.3 Å². The number of rotatable bonds is 3. The second-order valence-corrected chi connectivity index (χ2v) is 6.70. The molecule has 2 rings (SSSR count). The molecule has 0 amide bonds. The van der Waals surface area contributed by atoms with Crippen LogP contribution in [0.2, 0.25) is 5.02 Å². The molecule has 1 N–H and O–H groups in total. The molecule has 0 bridgehead atoms. The third-order valence-electron chi connectivity index (χ3n) is 2.89. The van der Waals surface area contributed by atoms with Crippen molar-refractivity contribution in [3.8, 4) is 0 Å². The maximum atomic E-state index is 12.4. The summed E-state index contributed by atoms with van der Waals surface area (Å²) in [6.07, 6.45) is 1.13. The number of anilines is 1. The lowest BCUT2D eigenvalue weighted by Gasteiger charge is -2.19. The van der Waals surface area contributed by atoms with E-state index in [1.54, 1.807) is 12.1 Å². The van der Waals surface area contributed by atoms with Crippen LogP contribution in [0.4, 0.5) is 5.69 Å². The third-order valence-corrected chi connectivity index (χ3v) is 4.93. The topological polar surface area (TPSA) is 70.2 Å². The van der Waals surface area contributed by atoms with Gasteiger partial charge >= 0.3 is 0 Å². The normalized spacial score (nSPS) is 11.3. The van der Waals surface area contributed by atoms with E-state index in [2.05, 4.69) is 4.98 Å². The van der Waals surface area contributed by atoms with Crippen molar-refractivity contribution in [3.05, 3.63) is 57.5 Å². The van der Waals surface area contributed by atoms with Gasteiger partial charge in [-0.25, -0.2) is 8.42 Å². The largest absolute Gasteiger partial charge is 0.326 e. The van der Waals surface area contributed by atoms with Crippen LogP contribution < -0.4 is 9.86 Å². The lowest BCUT2D eigenvalue weighted by atomic mass is 10.2. The van der Waals surface area contributed by atoms with Gasteiger partial charge in [-0.2, -0.15) is 0 Å². The first kappa shape index (κ1) is 14.6. The highest BCUT2D eigenvalue weighted by molar-refractivity contribution is 7.92. The summed E-state index contributed by atoms with van der Waals surface area (Å²) >= 11 is 5.66. The Morgan fingerprint density at radius 1 is 1.20 bits per heavy atom. The predicted octanol–water partition coefficient (Wildman–Crippen LogP) is 2.16. The molecule has 0 saturated carbocycles. The zero-order valence-electron chi connectivity index (χ0n) is 10.9. The Balaban J connectivity index is 2.46. The number of H-pyrrole nitrogens is 1. The third kappa shape index (κ3) is 2.71. The van der Waals surface area contributed by atoms with Crippen molar-refractivity contribution in [3.63, 3.8) is 0 Å². The second-order valence-electron chi connectivity index (χ2n) is 4.32. The van der Waals surface area contributed by atoms with E-state index in [0.29, 0.717) is 5.69 Å². The summed E-state index contributed by atoms with van der Waals surface area (Å²) in [4.78, 5) is 13.4. The van der Waals surface area contributed by atoms with E-state index in [1.807, 2.05) is 19.1 Å². The summed E-state index contributed by atoms with van der Waals surface area (Å²) in [5, 5.41) is -0.164. The minimum atomic E-state index is -3.77. The molecule has 0 saturated heterocycles. The molecule has 106 valence electrons. The summed E-state index contributed by atoms with van der Waals surface area (Å²) in [6, 6.07) is 8.20. The zero-order chi connectivity index (χ0) is 14.9. The number of aromatic amines is 1. The Bertz CT molecular complexity index is 782. The Labute approximate surface area is 121 Å². The molecule has 0 radical (unpaired) electrons. The van der Waals surface area contributed by atoms with Crippen molar-refractivity contribution in [2.45, 2.75) is 11.8 Å². The molecule has 0 aliphatic carbocycles. The van der Waals surface area contributed by atoms with Crippen LogP contribution in [0.3, 0.4) is 0 Å². The monoisotopic (exact) mass is 312 g/mol. The zero-order valence-corrected chi connectivity index (χ0v) is 12.5. The number of benzene rings is 1. The second kappa shape index (κ2) is 5.30. The van der Waals surface area contributed by atoms with E-state index in [4.69, 9.17) is 11.6 Å². The average molecular weight is 313 g/mol. The number of sulfonamides is 1. The predicted molar refractivity (Wildman–Crippen MR) is 78.8 cm³/mol. The fraction of sp³-hybridized carbons (Fsp3) is 0.154. The summed E-state index contributed by atoms with van der Waals surface area (Å²) in [6.45, 7) is 1.92. The molecular weight excluding hydrogens is 300 g/mol. The van der Waals surface area contributed by atoms with Crippen molar-refractivity contribution in [2.75, 3.05) is 11.4 Å². The van der Waals surface area contributed by atoms with Crippen LogP contribution in [0, 0.1) is 6.92 Å². The maximum absolute atomic E-state index is 12.4. The molecule has 0 aliphatic rings. The number of halogens is 1. The summed E-state index contributed by atoms with van der Waals surface area (Å²) in [5.74, 6) is 0. The lowest BCUT2D eigenvalue weighted by Crippen LogP contribution is -2.27. The fourth-order valence-corrected chi connectivity index (χ4v) is 3.07. The van der Waals surface area contributed by atoms with Crippen molar-refractivity contribution in [2.24, 2.45) is 0 Å². The maximum Gasteiger partial charge on any atom is 0.266 e. The molecular formula is C13H13ClN2O3S. The molecule has 7 heteroatoms. The van der Waals surface area contributed by atoms with E-state index in [9.17, 15) is 13.2 Å². The molecule has 1 aromatic heterocycles. The number of aryl methyl sites for hydroxylation is 1. The minimum absolute atomic E-state index is 0.0647. The lowest BCUT2D eigenvalue weighted by molar-refractivity contribution is 0.594. The van der Waals surface area contributed by atoms with Crippen molar-refractivity contribution in [1.82, 2.24) is 4.98 Å². The van der Waals surface area contributed by atoms with Gasteiger partial charge < -0.3 is 4.98 Å². The summed E-state index contributed by atoms with van der Waals surface area (Å²) in [7, 11) is -2.32. The van der Waals surface area contributed by atoms with E-state index < -0.39 is 15.6 Å². The van der Waals surface area contributed by atoms with E-state index >= 15 is 0 Å². The van der Waals surface area contributed by atoms with E-state index in [-0.39, 0.29) is 9.92 Å². The first-order valence-electron chi connectivity index (χ1n) is 5.76. The highest BCUT2D eigenvalue weighted by Crippen LogP contribution is 2.22. The molecule has 0 atom stereocenters. The van der Waals surface area contributed by atoms with Crippen LogP contribution in [-0.4, -0.2) is 20.4 Å². The van der Waals surface area contributed by atoms with Crippen molar-refractivity contribution < 1.29 is 8.42 Å². The quantitative estimate of drug-likeness (QED) is 0.944. The minimum Gasteiger partial charge on any atom is -0.326 e. The molecule has 1 aromatic carbocycles. The van der Waals surface area contributed by atoms with Gasteiger partial charge in [0.15, 0.2) is 0 Å². The van der Waals surface area contributed by atoms with Crippen molar-refractivity contribution in [1.29, 1.82) is 0 Å². The smallest absolute Gasteiger partial charge is 0.266 e. The Hall–Kier alpha value is -1.79. The van der Waals surface area contributed by atoms with Crippen LogP contribution in [-0.2, 0) is 10.0 Å². The summed E-state index contributed by atoms with van der Waals surface area (Å²) < 4.78 is 26.0. The van der Waals surface area contributed by atoms with Crippen LogP contribution in [0.25, 0.3) is 0 Å². The van der Waals surface area contributed by atoms with Crippen LogP contribution in [0.15, 0.2) is 46.2 Å². The highest BCUT2D eigenvalue weighted by atomic mass is 35.5. The molecule has 2 aromatic rings. The van der Waals surface area contributed by atoms with Gasteiger partial charge in [-0.3, -0.25) is 9.10 Å². The fourth-order valence-electron chi connectivity index (χ4n) is 1.64. The number of pyridine rings is 1. The van der Waals surface area contributed by atoms with Gasteiger partial charge in [0.1, 0.15) is 9.92 Å². The van der Waals surface area contributed by atoms with E-state index in [1.165, 1.54) is 7.05 Å². The first-order chi connectivity index (χ1) is 9.32. The molecule has 0 spiro atoms. The number of aromatic nitrogens is 1. The van der Waals surface area contributed by atoms with Crippen LogP contribution in [0.5, 0.6) is 0 Å². The number of nitrogens with one attached hydrogen (secondary N) is 1. The van der Waals surface area contributed by atoms with Gasteiger partial charge in [0, 0.05) is 13.2 Å². The van der Waals surface area contributed by atoms with Crippen LogP contribution >= 0.6 is 11.6 Å². The van der Waals surface area contributed by atoms with Gasteiger partial charge in [0.2, 0.25) is 0 Å². The van der Waals surface area contributed by atoms with Gasteiger partial charge in [-0.15, -0.1) is 0 Å². The number of hydrogen-bond donors (Lipinski definition) is 1. The van der Waals surface area contributed by atoms with Gasteiger partial charge in [-0.1, -0.05) is 29.3 Å². The van der Waals surface area contributed by atoms with Gasteiger partial charge in [0.05, 0.1) is 5.69 Å². The molecule has 0 unspecified atom stereocenters. The Kier molecular flexibility index (Phi) is 3.87. The van der Waals surface area contributed by atoms with Gasteiger partial charge in [0.25, 0.3) is 15.6 Å². The molecule has 0 fully saturated rings. The molecule has 5 nitrogen and oxygen atoms in total. The van der Waals surface area contributed by atoms with Crippen LogP contribution in [0.1, 0.15) is 5.56 Å². The first-order valence-corrected chi connectivity index (χ1v) is 7.58. The highest BCUT2D eigenvalue weighted by Gasteiger charge is 2.22.